The molecule has 26 heavy (non-hydrogen) atoms. The minimum Gasteiger partial charge on any atom is -0.496 e. The minimum atomic E-state index is -0.471. The van der Waals surface area contributed by atoms with Gasteiger partial charge >= 0.3 is 0 Å². The van der Waals surface area contributed by atoms with E-state index >= 15 is 0 Å². The molecule has 0 radical (unpaired) electrons. The fourth-order valence-corrected chi connectivity index (χ4v) is 3.11. The van der Waals surface area contributed by atoms with Crippen molar-refractivity contribution in [2.24, 2.45) is 4.99 Å². The van der Waals surface area contributed by atoms with Gasteiger partial charge in [0, 0.05) is 42.0 Å². The molecule has 3 rings (SSSR count). The summed E-state index contributed by atoms with van der Waals surface area (Å²) >= 11 is 6.15. The van der Waals surface area contributed by atoms with E-state index in [-0.39, 0.29) is 17.9 Å². The van der Waals surface area contributed by atoms with Gasteiger partial charge in [-0.15, -0.1) is 0 Å². The second-order valence-corrected chi connectivity index (χ2v) is 6.56. The number of methoxy groups -OCH3 is 1. The van der Waals surface area contributed by atoms with Gasteiger partial charge in [-0.3, -0.25) is 9.79 Å². The first-order chi connectivity index (χ1) is 12.4. The van der Waals surface area contributed by atoms with E-state index in [0.717, 1.165) is 0 Å². The van der Waals surface area contributed by atoms with Crippen LogP contribution in [0.5, 0.6) is 5.75 Å². The normalized spacial score (nSPS) is 15.3. The van der Waals surface area contributed by atoms with Crippen LogP contribution in [0.2, 0.25) is 5.02 Å². The van der Waals surface area contributed by atoms with Crippen molar-refractivity contribution in [3.05, 3.63) is 75.7 Å². The van der Waals surface area contributed by atoms with Crippen LogP contribution >= 0.6 is 11.6 Å². The highest BCUT2D eigenvalue weighted by Crippen LogP contribution is 2.30. The maximum atomic E-state index is 14.7. The summed E-state index contributed by atoms with van der Waals surface area (Å²) in [5.41, 5.74) is 2.02. The molecule has 0 fully saturated rings. The van der Waals surface area contributed by atoms with Crippen molar-refractivity contribution in [3.8, 4) is 5.75 Å². The van der Waals surface area contributed by atoms with Crippen LogP contribution in [0.25, 0.3) is 0 Å². The molecule has 1 aliphatic rings. The van der Waals surface area contributed by atoms with E-state index in [2.05, 4.69) is 4.99 Å². The number of Topliss-reactive ketones (excluding diaryl/α,β-unsaturated/α-hetero) is 1. The lowest BCUT2D eigenvalue weighted by Gasteiger charge is -2.13. The van der Waals surface area contributed by atoms with Crippen LogP contribution in [0.1, 0.15) is 21.5 Å². The summed E-state index contributed by atoms with van der Waals surface area (Å²) in [7, 11) is 5.13. The molecule has 2 aromatic rings. The second-order valence-electron chi connectivity index (χ2n) is 6.12. The molecule has 0 unspecified atom stereocenters. The van der Waals surface area contributed by atoms with Crippen molar-refractivity contribution in [1.29, 1.82) is 0 Å². The molecule has 0 saturated carbocycles. The van der Waals surface area contributed by atoms with E-state index < -0.39 is 5.82 Å². The summed E-state index contributed by atoms with van der Waals surface area (Å²) in [5, 5.41) is 0.444. The summed E-state index contributed by atoms with van der Waals surface area (Å²) in [5.74, 6) is -0.275. The predicted molar refractivity (Wildman–Crippen MR) is 101 cm³/mol. The van der Waals surface area contributed by atoms with Crippen LogP contribution in [0.4, 0.5) is 4.39 Å². The van der Waals surface area contributed by atoms with E-state index in [4.69, 9.17) is 16.3 Å². The van der Waals surface area contributed by atoms with Crippen LogP contribution in [0.15, 0.2) is 53.2 Å². The number of ether oxygens (including phenoxy) is 1. The average Bonchev–Trinajstić information content (AvgIpc) is 2.72. The Morgan fingerprint density at radius 2 is 2.00 bits per heavy atom. The average molecular weight is 373 g/mol. The SMILES string of the molecule is COc1cccc(F)c1C1=NCC(=CN(C)C)C(=O)c2ccc(Cl)cc21. The zero-order chi connectivity index (χ0) is 18.8. The molecule has 0 saturated heterocycles. The molecular formula is C20H18ClFN2O2. The lowest BCUT2D eigenvalue weighted by molar-refractivity contribution is 0.103. The highest BCUT2D eigenvalue weighted by molar-refractivity contribution is 6.32. The Bertz CT molecular complexity index is 935. The first kappa shape index (κ1) is 18.1. The Kier molecular flexibility index (Phi) is 5.09. The highest BCUT2D eigenvalue weighted by atomic mass is 35.5. The zero-order valence-corrected chi connectivity index (χ0v) is 15.5. The van der Waals surface area contributed by atoms with Crippen molar-refractivity contribution < 1.29 is 13.9 Å². The third-order valence-electron chi connectivity index (χ3n) is 4.03. The van der Waals surface area contributed by atoms with Gasteiger partial charge in [-0.2, -0.15) is 0 Å². The maximum absolute atomic E-state index is 14.7. The monoisotopic (exact) mass is 372 g/mol. The molecule has 0 spiro atoms. The number of carbonyl (C=O) groups excluding carboxylic acids is 1. The molecule has 134 valence electrons. The Balaban J connectivity index is 2.30. The van der Waals surface area contributed by atoms with Gasteiger partial charge < -0.3 is 9.64 Å². The summed E-state index contributed by atoms with van der Waals surface area (Å²) in [6.07, 6.45) is 1.73. The van der Waals surface area contributed by atoms with Gasteiger partial charge in [-0.25, -0.2) is 4.39 Å². The lowest BCUT2D eigenvalue weighted by Crippen LogP contribution is -2.13. The Labute approximate surface area is 156 Å². The van der Waals surface area contributed by atoms with Crippen molar-refractivity contribution in [2.45, 2.75) is 0 Å². The number of rotatable bonds is 3. The number of nitrogens with zero attached hydrogens (tertiary/aromatic N) is 2. The molecule has 0 atom stereocenters. The largest absolute Gasteiger partial charge is 0.496 e. The van der Waals surface area contributed by atoms with Crippen LogP contribution < -0.4 is 4.74 Å². The number of carbonyl (C=O) groups is 1. The van der Waals surface area contributed by atoms with E-state index in [1.54, 1.807) is 41.4 Å². The molecule has 1 heterocycles. The van der Waals surface area contributed by atoms with Gasteiger partial charge in [0.05, 0.1) is 24.9 Å². The topological polar surface area (TPSA) is 41.9 Å². The van der Waals surface area contributed by atoms with E-state index in [9.17, 15) is 9.18 Å². The van der Waals surface area contributed by atoms with Crippen LogP contribution in [0, 0.1) is 5.82 Å². The Morgan fingerprint density at radius 1 is 1.23 bits per heavy atom. The van der Waals surface area contributed by atoms with Crippen molar-refractivity contribution >= 4 is 23.1 Å². The summed E-state index contributed by atoms with van der Waals surface area (Å²) in [4.78, 5) is 19.3. The molecule has 0 aliphatic carbocycles. The number of benzene rings is 2. The van der Waals surface area contributed by atoms with Gasteiger partial charge in [-0.05, 0) is 30.3 Å². The number of fused-ring (bicyclic) bond motifs is 1. The smallest absolute Gasteiger partial charge is 0.193 e. The number of aliphatic imine (C=N–C) groups is 1. The van der Waals surface area contributed by atoms with Crippen LogP contribution in [-0.4, -0.2) is 44.1 Å². The van der Waals surface area contributed by atoms with Gasteiger partial charge in [0.1, 0.15) is 11.6 Å². The summed E-state index contributed by atoms with van der Waals surface area (Å²) in [6.45, 7) is 0.135. The quantitative estimate of drug-likeness (QED) is 0.766. The third-order valence-corrected chi connectivity index (χ3v) is 4.26. The molecule has 0 amide bonds. The van der Waals surface area contributed by atoms with Crippen molar-refractivity contribution in [3.63, 3.8) is 0 Å². The number of hydrogen-bond donors (Lipinski definition) is 0. The van der Waals surface area contributed by atoms with Gasteiger partial charge in [0.25, 0.3) is 0 Å². The first-order valence-corrected chi connectivity index (χ1v) is 8.39. The number of halogens is 2. The van der Waals surface area contributed by atoms with E-state index in [1.165, 1.54) is 13.2 Å². The van der Waals surface area contributed by atoms with Crippen molar-refractivity contribution in [2.75, 3.05) is 27.7 Å². The van der Waals surface area contributed by atoms with Crippen molar-refractivity contribution in [1.82, 2.24) is 4.90 Å². The lowest BCUT2D eigenvalue weighted by atomic mass is 9.93. The van der Waals surface area contributed by atoms with Gasteiger partial charge in [-0.1, -0.05) is 17.7 Å². The predicted octanol–water partition coefficient (Wildman–Crippen LogP) is 3.97. The fraction of sp³-hybridized carbons (Fsp3) is 0.200. The standard InChI is InChI=1S/C20H18ClFN2O2/c1-24(2)11-12-10-23-19(18-16(22)5-4-6-17(18)26-3)15-9-13(21)7-8-14(15)20(12)25/h4-9,11H,10H2,1-3H3. The molecule has 4 nitrogen and oxygen atoms in total. The van der Waals surface area contributed by atoms with Crippen LogP contribution in [-0.2, 0) is 0 Å². The zero-order valence-electron chi connectivity index (χ0n) is 14.7. The molecule has 1 aliphatic heterocycles. The molecule has 6 heteroatoms. The minimum absolute atomic E-state index is 0.135. The first-order valence-electron chi connectivity index (χ1n) is 8.01. The molecule has 0 N–H and O–H groups in total. The number of hydrogen-bond acceptors (Lipinski definition) is 4. The summed E-state index contributed by atoms with van der Waals surface area (Å²) < 4.78 is 20.0. The number of ketones is 1. The maximum Gasteiger partial charge on any atom is 0.193 e. The summed E-state index contributed by atoms with van der Waals surface area (Å²) in [6, 6.07) is 9.50. The Morgan fingerprint density at radius 3 is 2.69 bits per heavy atom. The van der Waals surface area contributed by atoms with Gasteiger partial charge in [0.15, 0.2) is 5.78 Å². The molecular weight excluding hydrogens is 355 g/mol. The van der Waals surface area contributed by atoms with Crippen LogP contribution in [0.3, 0.4) is 0 Å². The van der Waals surface area contributed by atoms with E-state index in [1.807, 2.05) is 14.1 Å². The fourth-order valence-electron chi connectivity index (χ4n) is 2.93. The van der Waals surface area contributed by atoms with E-state index in [0.29, 0.717) is 33.2 Å². The Hall–Kier alpha value is -2.66. The molecule has 2 aromatic carbocycles. The van der Waals surface area contributed by atoms with Gasteiger partial charge in [0.2, 0.25) is 0 Å². The molecule has 0 aromatic heterocycles. The molecule has 0 bridgehead atoms. The second kappa shape index (κ2) is 7.30. The highest BCUT2D eigenvalue weighted by Gasteiger charge is 2.27. The third kappa shape index (κ3) is 3.35.